The Kier molecular flexibility index (Phi) is 6.22. The highest BCUT2D eigenvalue weighted by Crippen LogP contribution is 2.17. The number of hydrogen-bond acceptors (Lipinski definition) is 3. The number of aliphatic hydroxyl groups excluding tert-OH is 1. The Balaban J connectivity index is 2.63. The minimum Gasteiger partial charge on any atom is -0.478 e. The summed E-state index contributed by atoms with van der Waals surface area (Å²) >= 11 is 0. The summed E-state index contributed by atoms with van der Waals surface area (Å²) in [5, 5.41) is 21.2. The molecule has 0 amide bonds. The summed E-state index contributed by atoms with van der Waals surface area (Å²) in [4.78, 5) is 11.0. The molecule has 1 aromatic carbocycles. The van der Waals surface area contributed by atoms with Crippen molar-refractivity contribution in [3.63, 3.8) is 0 Å². The molecule has 1 rings (SSSR count). The molecule has 0 fully saturated rings. The SMILES string of the molecule is CCCC(CCO)CNc1ccccc1C(=O)O. The number of benzene rings is 1. The highest BCUT2D eigenvalue weighted by atomic mass is 16.4. The molecule has 0 saturated heterocycles. The van der Waals surface area contributed by atoms with Crippen molar-refractivity contribution in [1.29, 1.82) is 0 Å². The van der Waals surface area contributed by atoms with E-state index in [4.69, 9.17) is 10.2 Å². The first-order valence-electron chi connectivity index (χ1n) is 6.36. The average molecular weight is 251 g/mol. The highest BCUT2D eigenvalue weighted by molar-refractivity contribution is 5.94. The van der Waals surface area contributed by atoms with E-state index < -0.39 is 5.97 Å². The Labute approximate surface area is 108 Å². The maximum atomic E-state index is 11.0. The van der Waals surface area contributed by atoms with Gasteiger partial charge in [-0.1, -0.05) is 25.5 Å². The summed E-state index contributed by atoms with van der Waals surface area (Å²) in [5.41, 5.74) is 0.931. The van der Waals surface area contributed by atoms with Gasteiger partial charge in [0.15, 0.2) is 0 Å². The van der Waals surface area contributed by atoms with Gasteiger partial charge in [0, 0.05) is 18.8 Å². The van der Waals surface area contributed by atoms with Crippen molar-refractivity contribution < 1.29 is 15.0 Å². The van der Waals surface area contributed by atoms with E-state index in [1.165, 1.54) is 0 Å². The van der Waals surface area contributed by atoms with Gasteiger partial charge in [0.05, 0.1) is 5.56 Å². The van der Waals surface area contributed by atoms with Crippen LogP contribution in [0.4, 0.5) is 5.69 Å². The number of carboxylic acids is 1. The third-order valence-electron chi connectivity index (χ3n) is 2.97. The molecule has 4 heteroatoms. The largest absolute Gasteiger partial charge is 0.478 e. The number of hydrogen-bond donors (Lipinski definition) is 3. The van der Waals surface area contributed by atoms with Gasteiger partial charge in [0.1, 0.15) is 0 Å². The number of para-hydroxylation sites is 1. The molecule has 3 N–H and O–H groups in total. The van der Waals surface area contributed by atoms with Crippen molar-refractivity contribution in [3.8, 4) is 0 Å². The van der Waals surface area contributed by atoms with Crippen LogP contribution in [0.25, 0.3) is 0 Å². The number of rotatable bonds is 8. The van der Waals surface area contributed by atoms with Crippen LogP contribution in [0.5, 0.6) is 0 Å². The molecule has 0 aliphatic rings. The molecule has 0 heterocycles. The summed E-state index contributed by atoms with van der Waals surface area (Å²) in [6.07, 6.45) is 2.84. The van der Waals surface area contributed by atoms with Gasteiger partial charge in [-0.3, -0.25) is 0 Å². The Morgan fingerprint density at radius 2 is 2.06 bits per heavy atom. The van der Waals surface area contributed by atoms with Crippen LogP contribution in [-0.2, 0) is 0 Å². The van der Waals surface area contributed by atoms with Crippen LogP contribution in [0.3, 0.4) is 0 Å². The lowest BCUT2D eigenvalue weighted by atomic mass is 10.00. The van der Waals surface area contributed by atoms with Crippen LogP contribution in [0.15, 0.2) is 24.3 Å². The molecular weight excluding hydrogens is 230 g/mol. The van der Waals surface area contributed by atoms with Crippen molar-refractivity contribution in [2.24, 2.45) is 5.92 Å². The van der Waals surface area contributed by atoms with Gasteiger partial charge in [-0.15, -0.1) is 0 Å². The van der Waals surface area contributed by atoms with Crippen molar-refractivity contribution in [1.82, 2.24) is 0 Å². The number of carboxylic acid groups (broad SMARTS) is 1. The molecule has 18 heavy (non-hydrogen) atoms. The van der Waals surface area contributed by atoms with Crippen molar-refractivity contribution >= 4 is 11.7 Å². The first-order chi connectivity index (χ1) is 8.69. The molecule has 0 bridgehead atoms. The maximum absolute atomic E-state index is 11.0. The lowest BCUT2D eigenvalue weighted by Crippen LogP contribution is -2.17. The predicted molar refractivity (Wildman–Crippen MR) is 72.0 cm³/mol. The summed E-state index contributed by atoms with van der Waals surface area (Å²) < 4.78 is 0. The summed E-state index contributed by atoms with van der Waals surface area (Å²) in [6, 6.07) is 6.89. The van der Waals surface area contributed by atoms with Crippen molar-refractivity contribution in [2.45, 2.75) is 26.2 Å². The average Bonchev–Trinajstić information content (AvgIpc) is 2.36. The lowest BCUT2D eigenvalue weighted by Gasteiger charge is -2.17. The minimum absolute atomic E-state index is 0.174. The summed E-state index contributed by atoms with van der Waals surface area (Å²) in [7, 11) is 0. The lowest BCUT2D eigenvalue weighted by molar-refractivity contribution is 0.0698. The van der Waals surface area contributed by atoms with Crippen LogP contribution in [0.1, 0.15) is 36.5 Å². The maximum Gasteiger partial charge on any atom is 0.337 e. The van der Waals surface area contributed by atoms with E-state index in [0.29, 0.717) is 18.2 Å². The molecular formula is C14H21NO3. The molecule has 0 radical (unpaired) electrons. The van der Waals surface area contributed by atoms with E-state index in [-0.39, 0.29) is 12.2 Å². The van der Waals surface area contributed by atoms with E-state index >= 15 is 0 Å². The molecule has 100 valence electrons. The van der Waals surface area contributed by atoms with Crippen molar-refractivity contribution in [3.05, 3.63) is 29.8 Å². The quantitative estimate of drug-likeness (QED) is 0.664. The molecule has 0 aliphatic heterocycles. The van der Waals surface area contributed by atoms with E-state index in [2.05, 4.69) is 12.2 Å². The Morgan fingerprint density at radius 3 is 2.67 bits per heavy atom. The second-order valence-electron chi connectivity index (χ2n) is 4.40. The highest BCUT2D eigenvalue weighted by Gasteiger charge is 2.11. The van der Waals surface area contributed by atoms with E-state index in [1.807, 2.05) is 6.07 Å². The van der Waals surface area contributed by atoms with E-state index in [1.54, 1.807) is 18.2 Å². The van der Waals surface area contributed by atoms with E-state index in [0.717, 1.165) is 19.3 Å². The molecule has 0 aromatic heterocycles. The Morgan fingerprint density at radius 1 is 1.33 bits per heavy atom. The van der Waals surface area contributed by atoms with Crippen LogP contribution < -0.4 is 5.32 Å². The molecule has 0 aliphatic carbocycles. The third-order valence-corrected chi connectivity index (χ3v) is 2.97. The number of nitrogens with one attached hydrogen (secondary N) is 1. The molecule has 0 spiro atoms. The molecule has 0 saturated carbocycles. The smallest absolute Gasteiger partial charge is 0.337 e. The van der Waals surface area contributed by atoms with Gasteiger partial charge in [0.2, 0.25) is 0 Å². The topological polar surface area (TPSA) is 69.6 Å². The second-order valence-corrected chi connectivity index (χ2v) is 4.40. The number of carbonyl (C=O) groups is 1. The fraction of sp³-hybridized carbons (Fsp3) is 0.500. The van der Waals surface area contributed by atoms with Crippen molar-refractivity contribution in [2.75, 3.05) is 18.5 Å². The normalized spacial score (nSPS) is 12.1. The van der Waals surface area contributed by atoms with Crippen LogP contribution >= 0.6 is 0 Å². The second kappa shape index (κ2) is 7.71. The molecule has 4 nitrogen and oxygen atoms in total. The van der Waals surface area contributed by atoms with Crippen LogP contribution in [0, 0.1) is 5.92 Å². The Bertz CT molecular complexity index is 373. The molecule has 1 unspecified atom stereocenters. The fourth-order valence-electron chi connectivity index (χ4n) is 2.02. The van der Waals surface area contributed by atoms with Crippen LogP contribution in [-0.4, -0.2) is 29.3 Å². The number of aromatic carboxylic acids is 1. The fourth-order valence-corrected chi connectivity index (χ4v) is 2.02. The van der Waals surface area contributed by atoms with Gasteiger partial charge in [-0.2, -0.15) is 0 Å². The zero-order chi connectivity index (χ0) is 13.4. The standard InChI is InChI=1S/C14H21NO3/c1-2-5-11(8-9-16)10-15-13-7-4-3-6-12(13)14(17)18/h3-4,6-7,11,15-16H,2,5,8-10H2,1H3,(H,17,18). The molecule has 1 atom stereocenters. The van der Waals surface area contributed by atoms with Gasteiger partial charge in [-0.05, 0) is 30.9 Å². The predicted octanol–water partition coefficient (Wildman–Crippen LogP) is 2.60. The van der Waals surface area contributed by atoms with Gasteiger partial charge in [0.25, 0.3) is 0 Å². The first kappa shape index (κ1) is 14.5. The number of aliphatic hydroxyl groups is 1. The first-order valence-corrected chi connectivity index (χ1v) is 6.36. The monoisotopic (exact) mass is 251 g/mol. The number of anilines is 1. The van der Waals surface area contributed by atoms with E-state index in [9.17, 15) is 4.79 Å². The molecule has 1 aromatic rings. The summed E-state index contributed by atoms with van der Waals surface area (Å²) in [5.74, 6) is -0.547. The summed E-state index contributed by atoms with van der Waals surface area (Å²) in [6.45, 7) is 2.97. The zero-order valence-electron chi connectivity index (χ0n) is 10.7. The van der Waals surface area contributed by atoms with Crippen LogP contribution in [0.2, 0.25) is 0 Å². The Hall–Kier alpha value is -1.55. The van der Waals surface area contributed by atoms with Gasteiger partial charge in [-0.25, -0.2) is 4.79 Å². The van der Waals surface area contributed by atoms with Gasteiger partial charge >= 0.3 is 5.97 Å². The van der Waals surface area contributed by atoms with Gasteiger partial charge < -0.3 is 15.5 Å². The minimum atomic E-state index is -0.924. The third kappa shape index (κ3) is 4.37. The zero-order valence-corrected chi connectivity index (χ0v) is 10.7.